The van der Waals surface area contributed by atoms with Crippen LogP contribution in [0.1, 0.15) is 10.4 Å². The van der Waals surface area contributed by atoms with E-state index in [4.69, 9.17) is 11.6 Å². The number of benzene rings is 2. The number of amides is 1. The van der Waals surface area contributed by atoms with Crippen molar-refractivity contribution in [2.45, 2.75) is 10.2 Å². The SMILES string of the molecule is CN(C(=O)[C@@H](Cl)[C@H](Br)c1ccccc1)c1ccccc1. The number of nitrogens with zero attached hydrogens (tertiary/aromatic N) is 1. The fourth-order valence-electron chi connectivity index (χ4n) is 1.89. The van der Waals surface area contributed by atoms with Gasteiger partial charge in [-0.15, -0.1) is 11.6 Å². The summed E-state index contributed by atoms with van der Waals surface area (Å²) in [7, 11) is 1.73. The van der Waals surface area contributed by atoms with Crippen molar-refractivity contribution in [1.82, 2.24) is 0 Å². The van der Waals surface area contributed by atoms with Crippen LogP contribution in [0.25, 0.3) is 0 Å². The lowest BCUT2D eigenvalue weighted by Gasteiger charge is -2.23. The zero-order valence-electron chi connectivity index (χ0n) is 11.0. The summed E-state index contributed by atoms with van der Waals surface area (Å²) in [5.74, 6) is -0.136. The molecule has 0 saturated carbocycles. The molecule has 0 radical (unpaired) electrons. The highest BCUT2D eigenvalue weighted by Gasteiger charge is 2.28. The van der Waals surface area contributed by atoms with Crippen LogP contribution in [0.15, 0.2) is 60.7 Å². The zero-order valence-corrected chi connectivity index (χ0v) is 13.4. The van der Waals surface area contributed by atoms with Gasteiger partial charge in [-0.2, -0.15) is 0 Å². The Morgan fingerprint density at radius 2 is 1.55 bits per heavy atom. The lowest BCUT2D eigenvalue weighted by atomic mass is 10.1. The molecule has 2 atom stereocenters. The summed E-state index contributed by atoms with van der Waals surface area (Å²) in [5.41, 5.74) is 1.82. The van der Waals surface area contributed by atoms with E-state index in [2.05, 4.69) is 15.9 Å². The minimum absolute atomic E-state index is 0.136. The predicted octanol–water partition coefficient (Wildman–Crippen LogP) is 4.39. The van der Waals surface area contributed by atoms with E-state index < -0.39 is 5.38 Å². The molecule has 0 heterocycles. The number of halogens is 2. The van der Waals surface area contributed by atoms with E-state index in [1.54, 1.807) is 11.9 Å². The minimum atomic E-state index is -0.664. The van der Waals surface area contributed by atoms with Gasteiger partial charge in [0.25, 0.3) is 0 Å². The maximum Gasteiger partial charge on any atom is 0.246 e. The maximum absolute atomic E-state index is 12.4. The number of hydrogen-bond acceptors (Lipinski definition) is 1. The Morgan fingerprint density at radius 3 is 2.10 bits per heavy atom. The van der Waals surface area contributed by atoms with Crippen molar-refractivity contribution in [3.63, 3.8) is 0 Å². The summed E-state index contributed by atoms with van der Waals surface area (Å²) in [6.45, 7) is 0. The first-order chi connectivity index (χ1) is 9.61. The molecule has 0 unspecified atom stereocenters. The van der Waals surface area contributed by atoms with Crippen LogP contribution in [0, 0.1) is 0 Å². The minimum Gasteiger partial charge on any atom is -0.314 e. The van der Waals surface area contributed by atoms with Crippen LogP contribution in [0.3, 0.4) is 0 Å². The van der Waals surface area contributed by atoms with E-state index in [1.807, 2.05) is 60.7 Å². The van der Waals surface area contributed by atoms with Crippen LogP contribution in [0.5, 0.6) is 0 Å². The first-order valence-electron chi connectivity index (χ1n) is 6.27. The van der Waals surface area contributed by atoms with E-state index in [-0.39, 0.29) is 10.7 Å². The molecule has 0 aliphatic heterocycles. The largest absolute Gasteiger partial charge is 0.314 e. The van der Waals surface area contributed by atoms with Gasteiger partial charge in [-0.05, 0) is 17.7 Å². The Hall–Kier alpha value is -1.32. The average Bonchev–Trinajstić information content (AvgIpc) is 2.53. The molecule has 4 heteroatoms. The first-order valence-corrected chi connectivity index (χ1v) is 7.62. The van der Waals surface area contributed by atoms with Gasteiger partial charge in [-0.3, -0.25) is 4.79 Å². The van der Waals surface area contributed by atoms with Crippen LogP contribution in [-0.4, -0.2) is 18.3 Å². The van der Waals surface area contributed by atoms with Gasteiger partial charge < -0.3 is 4.90 Å². The fraction of sp³-hybridized carbons (Fsp3) is 0.188. The van der Waals surface area contributed by atoms with E-state index in [0.29, 0.717) is 0 Å². The highest BCUT2D eigenvalue weighted by molar-refractivity contribution is 9.09. The van der Waals surface area contributed by atoms with Gasteiger partial charge in [0.1, 0.15) is 5.38 Å². The topological polar surface area (TPSA) is 20.3 Å². The highest BCUT2D eigenvalue weighted by atomic mass is 79.9. The van der Waals surface area contributed by atoms with Gasteiger partial charge >= 0.3 is 0 Å². The molecule has 0 aliphatic rings. The third-order valence-corrected chi connectivity index (χ3v) is 4.89. The molecule has 0 N–H and O–H groups in total. The molecule has 2 aromatic carbocycles. The summed E-state index contributed by atoms with van der Waals surface area (Å²) in [4.78, 5) is 13.8. The summed E-state index contributed by atoms with van der Waals surface area (Å²) in [5, 5.41) is -0.664. The number of hydrogen-bond donors (Lipinski definition) is 0. The molecular weight excluding hydrogens is 338 g/mol. The molecule has 0 aromatic heterocycles. The number of carbonyl (C=O) groups is 1. The Morgan fingerprint density at radius 1 is 1.05 bits per heavy atom. The number of rotatable bonds is 4. The Balaban J connectivity index is 2.13. The monoisotopic (exact) mass is 351 g/mol. The molecule has 0 spiro atoms. The third-order valence-electron chi connectivity index (χ3n) is 3.08. The maximum atomic E-state index is 12.4. The number of alkyl halides is 2. The van der Waals surface area contributed by atoms with E-state index in [0.717, 1.165) is 11.3 Å². The van der Waals surface area contributed by atoms with Gasteiger partial charge in [0.2, 0.25) is 5.91 Å². The second-order valence-electron chi connectivity index (χ2n) is 4.45. The van der Waals surface area contributed by atoms with Crippen molar-refractivity contribution in [3.8, 4) is 0 Å². The number of anilines is 1. The highest BCUT2D eigenvalue weighted by Crippen LogP contribution is 2.31. The van der Waals surface area contributed by atoms with Gasteiger partial charge in [-0.25, -0.2) is 0 Å². The standard InChI is InChI=1S/C16H15BrClNO/c1-19(13-10-6-3-7-11-13)16(20)15(18)14(17)12-8-4-2-5-9-12/h2-11,14-15H,1H3/t14-,15+/m1/s1. The Kier molecular flexibility index (Phi) is 5.21. The lowest BCUT2D eigenvalue weighted by Crippen LogP contribution is -2.35. The van der Waals surface area contributed by atoms with Crippen LogP contribution in [0.2, 0.25) is 0 Å². The predicted molar refractivity (Wildman–Crippen MR) is 87.6 cm³/mol. The molecule has 0 aliphatic carbocycles. The van der Waals surface area contributed by atoms with Gasteiger partial charge in [0.05, 0.1) is 4.83 Å². The van der Waals surface area contributed by atoms with Gasteiger partial charge in [-0.1, -0.05) is 64.5 Å². The van der Waals surface area contributed by atoms with Crippen molar-refractivity contribution in [2.24, 2.45) is 0 Å². The van der Waals surface area contributed by atoms with Crippen LogP contribution in [-0.2, 0) is 4.79 Å². The fourth-order valence-corrected chi connectivity index (χ4v) is 2.72. The second-order valence-corrected chi connectivity index (χ2v) is 5.90. The lowest BCUT2D eigenvalue weighted by molar-refractivity contribution is -0.118. The summed E-state index contributed by atoms with van der Waals surface area (Å²) in [6, 6.07) is 19.2. The van der Waals surface area contributed by atoms with Gasteiger partial charge in [0, 0.05) is 12.7 Å². The molecule has 2 rings (SSSR count). The van der Waals surface area contributed by atoms with Crippen molar-refractivity contribution in [1.29, 1.82) is 0 Å². The van der Waals surface area contributed by atoms with Crippen molar-refractivity contribution < 1.29 is 4.79 Å². The number of para-hydroxylation sites is 1. The molecule has 20 heavy (non-hydrogen) atoms. The molecule has 2 aromatic rings. The van der Waals surface area contributed by atoms with Crippen molar-refractivity contribution >= 4 is 39.1 Å². The average molecular weight is 353 g/mol. The third kappa shape index (κ3) is 3.41. The van der Waals surface area contributed by atoms with E-state index >= 15 is 0 Å². The van der Waals surface area contributed by atoms with E-state index in [9.17, 15) is 4.79 Å². The number of carbonyl (C=O) groups excluding carboxylic acids is 1. The normalized spacial score (nSPS) is 13.6. The van der Waals surface area contributed by atoms with Gasteiger partial charge in [0.15, 0.2) is 0 Å². The molecule has 2 nitrogen and oxygen atoms in total. The summed E-state index contributed by atoms with van der Waals surface area (Å²) >= 11 is 9.84. The molecule has 1 amide bonds. The van der Waals surface area contributed by atoms with Crippen LogP contribution < -0.4 is 4.90 Å². The van der Waals surface area contributed by atoms with Crippen LogP contribution in [0.4, 0.5) is 5.69 Å². The molecule has 0 saturated heterocycles. The van der Waals surface area contributed by atoms with Crippen LogP contribution >= 0.6 is 27.5 Å². The second kappa shape index (κ2) is 6.91. The zero-order chi connectivity index (χ0) is 14.5. The Bertz CT molecular complexity index is 561. The van der Waals surface area contributed by atoms with E-state index in [1.165, 1.54) is 0 Å². The quantitative estimate of drug-likeness (QED) is 0.747. The smallest absolute Gasteiger partial charge is 0.246 e. The molecule has 0 bridgehead atoms. The summed E-state index contributed by atoms with van der Waals surface area (Å²) in [6.07, 6.45) is 0. The molecular formula is C16H15BrClNO. The molecule has 0 fully saturated rings. The Labute approximate surface area is 132 Å². The molecule has 104 valence electrons. The van der Waals surface area contributed by atoms with Crippen molar-refractivity contribution in [3.05, 3.63) is 66.2 Å². The van der Waals surface area contributed by atoms with Crippen molar-refractivity contribution in [2.75, 3.05) is 11.9 Å². The first kappa shape index (κ1) is 15.1. The summed E-state index contributed by atoms with van der Waals surface area (Å²) < 4.78 is 0.